The molecule has 0 saturated carbocycles. The lowest BCUT2D eigenvalue weighted by atomic mass is 10.0. The highest BCUT2D eigenvalue weighted by Gasteiger charge is 2.22. The van der Waals surface area contributed by atoms with Crippen LogP contribution in [0.3, 0.4) is 0 Å². The molecule has 1 aliphatic heterocycles. The Morgan fingerprint density at radius 2 is 1.55 bits per heavy atom. The fourth-order valence-electron chi connectivity index (χ4n) is 6.67. The molecule has 0 atom stereocenters. The van der Waals surface area contributed by atoms with Gasteiger partial charge in [-0.2, -0.15) is 0 Å². The average Bonchev–Trinajstić information content (AvgIpc) is 3.62. The maximum Gasteiger partial charge on any atom is 0.349 e. The lowest BCUT2D eigenvalue weighted by Crippen LogP contribution is -2.36. The Morgan fingerprint density at radius 1 is 0.800 bits per heavy atom. The maximum atomic E-state index is 13.4. The molecule has 2 aromatic heterocycles. The zero-order valence-corrected chi connectivity index (χ0v) is 30.8. The first-order chi connectivity index (χ1) is 26.8. The van der Waals surface area contributed by atoms with Gasteiger partial charge in [-0.25, -0.2) is 9.78 Å². The molecule has 3 amide bonds. The predicted molar refractivity (Wildman–Crippen MR) is 213 cm³/mol. The Bertz CT molecular complexity index is 2520. The molecule has 1 aliphatic rings. The number of oxazole rings is 1. The molecule has 4 aromatic carbocycles. The van der Waals surface area contributed by atoms with E-state index in [4.69, 9.17) is 8.83 Å². The van der Waals surface area contributed by atoms with Crippen LogP contribution in [0.25, 0.3) is 33.5 Å². The first-order valence-corrected chi connectivity index (χ1v) is 18.6. The van der Waals surface area contributed by atoms with Crippen molar-refractivity contribution in [2.45, 2.75) is 46.1 Å². The van der Waals surface area contributed by atoms with Gasteiger partial charge in [0.15, 0.2) is 5.58 Å². The second-order valence-electron chi connectivity index (χ2n) is 13.4. The zero-order valence-electron chi connectivity index (χ0n) is 30.8. The van der Waals surface area contributed by atoms with E-state index in [0.29, 0.717) is 34.5 Å². The first kappa shape index (κ1) is 36.7. The molecule has 0 radical (unpaired) electrons. The molecule has 11 heteroatoms. The first-order valence-electron chi connectivity index (χ1n) is 18.6. The summed E-state index contributed by atoms with van der Waals surface area (Å²) in [6.07, 6.45) is 2.03. The van der Waals surface area contributed by atoms with Gasteiger partial charge >= 0.3 is 5.63 Å². The fraction of sp³-hybridized carbons (Fsp3) is 0.250. The van der Waals surface area contributed by atoms with Crippen molar-refractivity contribution in [2.24, 2.45) is 0 Å². The SMILES string of the molecule is CCCN(CCC)c1ccc2cc(-c3nc4cc(C(=O)NCCNC(=O)CCC(=O)N5Cc6ccccc6C#Cc6ccccc65)ccc4o3)c(=O)oc2c1. The van der Waals surface area contributed by atoms with E-state index in [9.17, 15) is 19.2 Å². The minimum atomic E-state index is -0.568. The van der Waals surface area contributed by atoms with Crippen molar-refractivity contribution in [2.75, 3.05) is 36.0 Å². The van der Waals surface area contributed by atoms with Gasteiger partial charge in [0.05, 0.1) is 12.2 Å². The maximum absolute atomic E-state index is 13.4. The smallest absolute Gasteiger partial charge is 0.349 e. The van der Waals surface area contributed by atoms with Crippen LogP contribution < -0.4 is 26.1 Å². The minimum Gasteiger partial charge on any atom is -0.436 e. The van der Waals surface area contributed by atoms with Gasteiger partial charge in [-0.05, 0) is 73.0 Å². The minimum absolute atomic E-state index is 0.00292. The monoisotopic (exact) mass is 735 g/mol. The normalized spacial score (nSPS) is 11.9. The number of aromatic nitrogens is 1. The topological polar surface area (TPSA) is 138 Å². The van der Waals surface area contributed by atoms with Crippen molar-refractivity contribution in [3.8, 4) is 23.3 Å². The van der Waals surface area contributed by atoms with Crippen LogP contribution in [-0.2, 0) is 16.1 Å². The van der Waals surface area contributed by atoms with Crippen LogP contribution in [0.1, 0.15) is 66.6 Å². The predicted octanol–water partition coefficient (Wildman–Crippen LogP) is 6.80. The highest BCUT2D eigenvalue weighted by molar-refractivity contribution is 5.98. The molecule has 55 heavy (non-hydrogen) atoms. The van der Waals surface area contributed by atoms with Gasteiger partial charge in [0, 0.05) is 72.9 Å². The molecule has 0 saturated heterocycles. The van der Waals surface area contributed by atoms with E-state index >= 15 is 0 Å². The van der Waals surface area contributed by atoms with Crippen molar-refractivity contribution < 1.29 is 23.2 Å². The van der Waals surface area contributed by atoms with Crippen molar-refractivity contribution in [3.05, 3.63) is 124 Å². The van der Waals surface area contributed by atoms with Gasteiger partial charge in [0.1, 0.15) is 16.7 Å². The summed E-state index contributed by atoms with van der Waals surface area (Å²) in [5.41, 5.74) is 5.53. The Labute approximate surface area is 318 Å². The number of nitrogens with zero attached hydrogens (tertiary/aromatic N) is 3. The molecule has 6 aromatic rings. The second kappa shape index (κ2) is 16.6. The Kier molecular flexibility index (Phi) is 11.0. The van der Waals surface area contributed by atoms with Gasteiger partial charge in [-0.1, -0.05) is 56.0 Å². The van der Waals surface area contributed by atoms with E-state index in [2.05, 4.69) is 46.2 Å². The number of fused-ring (bicyclic) bond motifs is 4. The summed E-state index contributed by atoms with van der Waals surface area (Å²) in [4.78, 5) is 60.7. The quantitative estimate of drug-likeness (QED) is 0.0751. The molecule has 0 fully saturated rings. The van der Waals surface area contributed by atoms with Crippen molar-refractivity contribution in [3.63, 3.8) is 0 Å². The van der Waals surface area contributed by atoms with Crippen LogP contribution in [0.4, 0.5) is 11.4 Å². The number of rotatable bonds is 13. The van der Waals surface area contributed by atoms with Crippen molar-refractivity contribution in [1.29, 1.82) is 0 Å². The molecular weight excluding hydrogens is 695 g/mol. The summed E-state index contributed by atoms with van der Waals surface area (Å²) in [6, 6.07) is 27.6. The average molecular weight is 736 g/mol. The third-order valence-electron chi connectivity index (χ3n) is 9.42. The van der Waals surface area contributed by atoms with Crippen LogP contribution in [-0.4, -0.2) is 48.9 Å². The van der Waals surface area contributed by atoms with Gasteiger partial charge < -0.3 is 29.3 Å². The molecule has 0 bridgehead atoms. The summed E-state index contributed by atoms with van der Waals surface area (Å²) < 4.78 is 11.6. The standard InChI is InChI=1S/C44H41N5O6/c1-3-23-48(24-4-2)34-17-15-31-25-35(44(53)55-39(31)27-34)43-47-36-26-32(16-18-38(36)54-43)42(52)46-22-21-45-40(50)19-20-41(51)49-28-33-11-6-5-9-29(33)13-14-30-10-7-8-12-37(30)49/h5-12,15-18,25-27H,3-4,19-24,28H2,1-2H3,(H,45,50)(H,46,52). The van der Waals surface area contributed by atoms with Crippen LogP contribution >= 0.6 is 0 Å². The van der Waals surface area contributed by atoms with Gasteiger partial charge in [0.2, 0.25) is 17.7 Å². The summed E-state index contributed by atoms with van der Waals surface area (Å²) >= 11 is 0. The largest absolute Gasteiger partial charge is 0.436 e. The number of benzene rings is 4. The summed E-state index contributed by atoms with van der Waals surface area (Å²) in [5, 5.41) is 6.32. The number of carbonyl (C=O) groups is 3. The van der Waals surface area contributed by atoms with E-state index in [0.717, 1.165) is 53.7 Å². The number of para-hydroxylation sites is 1. The van der Waals surface area contributed by atoms with Crippen molar-refractivity contribution >= 4 is 51.2 Å². The number of nitrogens with one attached hydrogen (secondary N) is 2. The highest BCUT2D eigenvalue weighted by atomic mass is 16.4. The summed E-state index contributed by atoms with van der Waals surface area (Å²) in [5.74, 6) is 5.64. The van der Waals surface area contributed by atoms with E-state index in [1.165, 1.54) is 0 Å². The lowest BCUT2D eigenvalue weighted by molar-refractivity contribution is -0.125. The Hall–Kier alpha value is -6.67. The molecule has 2 N–H and O–H groups in total. The van der Waals surface area contributed by atoms with Crippen LogP contribution in [0, 0.1) is 11.8 Å². The molecule has 3 heterocycles. The third kappa shape index (κ3) is 8.29. The molecular formula is C44H41N5O6. The molecule has 278 valence electrons. The van der Waals surface area contributed by atoms with Crippen LogP contribution in [0.5, 0.6) is 0 Å². The number of carbonyl (C=O) groups excluding carboxylic acids is 3. The molecule has 11 nitrogen and oxygen atoms in total. The summed E-state index contributed by atoms with van der Waals surface area (Å²) in [7, 11) is 0. The fourth-order valence-corrected chi connectivity index (χ4v) is 6.67. The van der Waals surface area contributed by atoms with Gasteiger partial charge in [0.25, 0.3) is 5.91 Å². The number of anilines is 2. The third-order valence-corrected chi connectivity index (χ3v) is 9.42. The van der Waals surface area contributed by atoms with E-state index < -0.39 is 5.63 Å². The van der Waals surface area contributed by atoms with Crippen LogP contribution in [0.2, 0.25) is 0 Å². The lowest BCUT2D eigenvalue weighted by Gasteiger charge is -2.26. The number of hydrogen-bond acceptors (Lipinski definition) is 8. The summed E-state index contributed by atoms with van der Waals surface area (Å²) in [6.45, 7) is 6.80. The molecule has 0 spiro atoms. The Morgan fingerprint density at radius 3 is 2.36 bits per heavy atom. The van der Waals surface area contributed by atoms with Gasteiger partial charge in [-0.3, -0.25) is 14.4 Å². The van der Waals surface area contributed by atoms with E-state index in [1.807, 2.05) is 66.7 Å². The highest BCUT2D eigenvalue weighted by Crippen LogP contribution is 2.29. The van der Waals surface area contributed by atoms with Crippen molar-refractivity contribution in [1.82, 2.24) is 15.6 Å². The van der Waals surface area contributed by atoms with Crippen LogP contribution in [0.15, 0.2) is 105 Å². The second-order valence-corrected chi connectivity index (χ2v) is 13.4. The number of hydrogen-bond donors (Lipinski definition) is 2. The zero-order chi connectivity index (χ0) is 38.3. The molecule has 0 aliphatic carbocycles. The number of amides is 3. The Balaban J connectivity index is 0.930. The van der Waals surface area contributed by atoms with E-state index in [1.54, 1.807) is 29.2 Å². The molecule has 7 rings (SSSR count). The van der Waals surface area contributed by atoms with Gasteiger partial charge in [-0.15, -0.1) is 0 Å². The molecule has 0 unspecified atom stereocenters. The van der Waals surface area contributed by atoms with E-state index in [-0.39, 0.29) is 55.1 Å².